The van der Waals surface area contributed by atoms with E-state index in [0.717, 1.165) is 24.0 Å². The van der Waals surface area contributed by atoms with Gasteiger partial charge in [-0.05, 0) is 56.3 Å². The van der Waals surface area contributed by atoms with Gasteiger partial charge in [0.05, 0.1) is 22.6 Å². The van der Waals surface area contributed by atoms with Crippen molar-refractivity contribution >= 4 is 11.9 Å². The fourth-order valence-electron chi connectivity index (χ4n) is 4.81. The Morgan fingerprint density at radius 2 is 1.78 bits per heavy atom. The fraction of sp³-hybridized carbons (Fsp3) is 0.269. The molecular formula is C26H27F2N7O. The van der Waals surface area contributed by atoms with Crippen LogP contribution in [0.3, 0.4) is 0 Å². The number of halogens is 2. The van der Waals surface area contributed by atoms with Crippen molar-refractivity contribution in [2.24, 2.45) is 0 Å². The van der Waals surface area contributed by atoms with Gasteiger partial charge in [0.15, 0.2) is 5.82 Å². The number of nitrogens with one attached hydrogen (secondary N) is 2. The highest BCUT2D eigenvalue weighted by Crippen LogP contribution is 2.29. The number of fused-ring (bicyclic) bond motifs is 1. The first-order chi connectivity index (χ1) is 17.2. The molecule has 2 aromatic carbocycles. The van der Waals surface area contributed by atoms with E-state index < -0.39 is 11.5 Å². The van der Waals surface area contributed by atoms with E-state index in [1.807, 2.05) is 7.05 Å². The first-order valence-corrected chi connectivity index (χ1v) is 11.6. The second kappa shape index (κ2) is 8.87. The van der Waals surface area contributed by atoms with Gasteiger partial charge in [-0.25, -0.2) is 18.3 Å². The van der Waals surface area contributed by atoms with Gasteiger partial charge >= 0.3 is 5.69 Å². The topological polar surface area (TPSA) is 83.9 Å². The second-order valence-corrected chi connectivity index (χ2v) is 9.12. The van der Waals surface area contributed by atoms with E-state index in [9.17, 15) is 9.18 Å². The zero-order chi connectivity index (χ0) is 25.7. The lowest BCUT2D eigenvalue weighted by Gasteiger charge is -2.22. The van der Waals surface area contributed by atoms with Crippen LogP contribution in [0.15, 0.2) is 41.5 Å². The number of likely N-dealkylation sites (N-methyl/N-ethyl adjacent to an activating group) is 1. The van der Waals surface area contributed by atoms with Crippen molar-refractivity contribution < 1.29 is 8.78 Å². The zero-order valence-corrected chi connectivity index (χ0v) is 20.6. The molecule has 3 heterocycles. The summed E-state index contributed by atoms with van der Waals surface area (Å²) >= 11 is 0. The molecule has 0 saturated heterocycles. The van der Waals surface area contributed by atoms with Crippen molar-refractivity contribution in [1.29, 1.82) is 5.41 Å². The summed E-state index contributed by atoms with van der Waals surface area (Å²) in [4.78, 5) is 15.8. The molecule has 0 aliphatic carbocycles. The SMILES string of the molecule is CNc1ccc(-n2ccn(-c3c4c(nn3-c3cc(C)c(F)c(C)c3)CCN(C)C4)c2=O)c(F)c1C=N. The monoisotopic (exact) mass is 491 g/mol. The van der Waals surface area contributed by atoms with Crippen LogP contribution in [0.25, 0.3) is 17.2 Å². The summed E-state index contributed by atoms with van der Waals surface area (Å²) in [6.07, 6.45) is 4.73. The highest BCUT2D eigenvalue weighted by molar-refractivity contribution is 5.87. The molecule has 8 nitrogen and oxygen atoms in total. The molecule has 0 fully saturated rings. The van der Waals surface area contributed by atoms with Crippen LogP contribution in [0, 0.1) is 30.9 Å². The van der Waals surface area contributed by atoms with Crippen molar-refractivity contribution in [2.45, 2.75) is 26.8 Å². The van der Waals surface area contributed by atoms with Crippen LogP contribution in [0.4, 0.5) is 14.5 Å². The second-order valence-electron chi connectivity index (χ2n) is 9.12. The molecule has 4 aromatic rings. The average Bonchev–Trinajstić information content (AvgIpc) is 3.41. The van der Waals surface area contributed by atoms with E-state index in [1.54, 1.807) is 50.0 Å². The van der Waals surface area contributed by atoms with E-state index in [0.29, 0.717) is 41.3 Å². The number of aromatic nitrogens is 4. The Labute approximate surface area is 206 Å². The van der Waals surface area contributed by atoms with Crippen LogP contribution in [0.1, 0.15) is 27.9 Å². The number of nitrogens with zero attached hydrogens (tertiary/aromatic N) is 5. The van der Waals surface area contributed by atoms with Crippen LogP contribution >= 0.6 is 0 Å². The third-order valence-corrected chi connectivity index (χ3v) is 6.70. The fourth-order valence-corrected chi connectivity index (χ4v) is 4.81. The van der Waals surface area contributed by atoms with Gasteiger partial charge in [-0.3, -0.25) is 9.13 Å². The Hall–Kier alpha value is -4.05. The van der Waals surface area contributed by atoms with Gasteiger partial charge in [-0.1, -0.05) is 0 Å². The average molecular weight is 492 g/mol. The quantitative estimate of drug-likeness (QED) is 0.417. The maximum atomic E-state index is 15.3. The lowest BCUT2D eigenvalue weighted by Crippen LogP contribution is -2.29. The molecule has 5 rings (SSSR count). The molecule has 186 valence electrons. The standard InChI is InChI=1S/C26H27F2N7O/c1-15-11-17(12-16(2)23(15)27)35-25(19-14-32(4)8-7-21(19)31-35)34-10-9-33(26(34)36)22-6-5-20(30-3)18(13-29)24(22)28/h5-6,9-13,29-30H,7-8,14H2,1-4H3. The number of hydrogen-bond donors (Lipinski definition) is 2. The number of rotatable bonds is 5. The molecule has 2 N–H and O–H groups in total. The minimum atomic E-state index is -0.670. The molecule has 10 heteroatoms. The summed E-state index contributed by atoms with van der Waals surface area (Å²) in [5.41, 5.74) is 3.47. The van der Waals surface area contributed by atoms with Crippen molar-refractivity contribution in [3.8, 4) is 17.2 Å². The van der Waals surface area contributed by atoms with Gasteiger partial charge in [-0.2, -0.15) is 5.10 Å². The Bertz CT molecular complexity index is 1540. The maximum Gasteiger partial charge on any atom is 0.338 e. The van der Waals surface area contributed by atoms with Crippen molar-refractivity contribution in [3.63, 3.8) is 0 Å². The molecule has 36 heavy (non-hydrogen) atoms. The van der Waals surface area contributed by atoms with E-state index in [1.165, 1.54) is 21.4 Å². The maximum absolute atomic E-state index is 15.3. The Morgan fingerprint density at radius 3 is 2.44 bits per heavy atom. The summed E-state index contributed by atoms with van der Waals surface area (Å²) in [6.45, 7) is 4.81. The number of anilines is 1. The van der Waals surface area contributed by atoms with Crippen molar-refractivity contribution in [1.82, 2.24) is 23.8 Å². The minimum Gasteiger partial charge on any atom is -0.388 e. The Morgan fingerprint density at radius 1 is 1.08 bits per heavy atom. The molecule has 0 bridgehead atoms. The van der Waals surface area contributed by atoms with E-state index in [-0.39, 0.29) is 17.1 Å². The highest BCUT2D eigenvalue weighted by atomic mass is 19.1. The van der Waals surface area contributed by atoms with Gasteiger partial charge in [0.2, 0.25) is 0 Å². The number of aryl methyl sites for hydroxylation is 2. The summed E-state index contributed by atoms with van der Waals surface area (Å²) in [7, 11) is 3.64. The number of imidazole rings is 1. The van der Waals surface area contributed by atoms with E-state index in [4.69, 9.17) is 10.5 Å². The lowest BCUT2D eigenvalue weighted by molar-refractivity contribution is 0.311. The minimum absolute atomic E-state index is 0.0433. The molecule has 0 saturated carbocycles. The summed E-state index contributed by atoms with van der Waals surface area (Å²) < 4.78 is 34.1. The van der Waals surface area contributed by atoms with Crippen LogP contribution in [0.5, 0.6) is 0 Å². The van der Waals surface area contributed by atoms with Gasteiger partial charge < -0.3 is 15.6 Å². The van der Waals surface area contributed by atoms with Crippen molar-refractivity contribution in [3.05, 3.63) is 86.7 Å². The smallest absolute Gasteiger partial charge is 0.338 e. The van der Waals surface area contributed by atoms with Crippen LogP contribution in [-0.2, 0) is 13.0 Å². The normalized spacial score (nSPS) is 13.6. The molecule has 0 radical (unpaired) electrons. The highest BCUT2D eigenvalue weighted by Gasteiger charge is 2.27. The predicted molar refractivity (Wildman–Crippen MR) is 135 cm³/mol. The van der Waals surface area contributed by atoms with Gasteiger partial charge in [0.25, 0.3) is 0 Å². The molecule has 0 spiro atoms. The van der Waals surface area contributed by atoms with Crippen LogP contribution < -0.4 is 11.0 Å². The summed E-state index contributed by atoms with van der Waals surface area (Å²) in [5, 5.41) is 15.3. The number of hydrogen-bond acceptors (Lipinski definition) is 5. The predicted octanol–water partition coefficient (Wildman–Crippen LogP) is 3.74. The lowest BCUT2D eigenvalue weighted by atomic mass is 10.1. The summed E-state index contributed by atoms with van der Waals surface area (Å²) in [6, 6.07) is 6.56. The first kappa shape index (κ1) is 23.7. The zero-order valence-electron chi connectivity index (χ0n) is 20.6. The molecule has 0 unspecified atom stereocenters. The molecule has 0 atom stereocenters. The van der Waals surface area contributed by atoms with Gasteiger partial charge in [0, 0.05) is 56.4 Å². The van der Waals surface area contributed by atoms with Crippen LogP contribution in [0.2, 0.25) is 0 Å². The third-order valence-electron chi connectivity index (χ3n) is 6.70. The van der Waals surface area contributed by atoms with E-state index >= 15 is 4.39 Å². The molecule has 2 aromatic heterocycles. The molecule has 1 aliphatic rings. The van der Waals surface area contributed by atoms with E-state index in [2.05, 4.69) is 10.2 Å². The van der Waals surface area contributed by atoms with Crippen molar-refractivity contribution in [2.75, 3.05) is 26.0 Å². The van der Waals surface area contributed by atoms with Gasteiger partial charge in [-0.15, -0.1) is 0 Å². The Kier molecular flexibility index (Phi) is 5.83. The first-order valence-electron chi connectivity index (χ1n) is 11.6. The molecule has 1 aliphatic heterocycles. The molecular weight excluding hydrogens is 464 g/mol. The largest absolute Gasteiger partial charge is 0.388 e. The third kappa shape index (κ3) is 3.65. The van der Waals surface area contributed by atoms with Gasteiger partial charge in [0.1, 0.15) is 11.6 Å². The molecule has 0 amide bonds. The van der Waals surface area contributed by atoms with Crippen LogP contribution in [-0.4, -0.2) is 50.7 Å². The number of benzene rings is 2. The summed E-state index contributed by atoms with van der Waals surface area (Å²) in [5.74, 6) is -0.398. The Balaban J connectivity index is 1.74.